The third-order valence-electron chi connectivity index (χ3n) is 8.44. The highest BCUT2D eigenvalue weighted by atomic mass is 19.2. The minimum Gasteiger partial charge on any atom is -0.466 e. The third-order valence-corrected chi connectivity index (χ3v) is 8.44. The molecule has 2 fully saturated rings. The van der Waals surface area contributed by atoms with Crippen molar-refractivity contribution >= 4 is 18.0 Å². The maximum atomic E-state index is 14.3. The quantitative estimate of drug-likeness (QED) is 0.487. The Labute approximate surface area is 236 Å². The van der Waals surface area contributed by atoms with Crippen LogP contribution in [0, 0.1) is 17.5 Å². The normalized spacial score (nSPS) is 25.2. The molecule has 3 aliphatic rings. The minimum atomic E-state index is -1.32. The topological polar surface area (TPSA) is 91.0 Å². The molecule has 1 aliphatic carbocycles. The molecule has 11 heteroatoms. The summed E-state index contributed by atoms with van der Waals surface area (Å²) in [5.41, 5.74) is 0.906. The number of urea groups is 2. The van der Waals surface area contributed by atoms with Crippen LogP contribution < -0.4 is 10.6 Å². The Kier molecular flexibility index (Phi) is 8.35. The number of nitrogens with one attached hydrogen (secondary N) is 2. The van der Waals surface area contributed by atoms with E-state index < -0.39 is 35.7 Å². The number of allylic oxidation sites excluding steroid dienone is 1. The molecule has 1 saturated heterocycles. The molecule has 2 heterocycles. The van der Waals surface area contributed by atoms with Crippen molar-refractivity contribution < 1.29 is 32.3 Å². The largest absolute Gasteiger partial charge is 0.466 e. The van der Waals surface area contributed by atoms with Crippen molar-refractivity contribution in [1.82, 2.24) is 20.4 Å². The van der Waals surface area contributed by atoms with Crippen molar-refractivity contribution in [1.29, 1.82) is 0 Å². The van der Waals surface area contributed by atoms with E-state index in [-0.39, 0.29) is 34.6 Å². The zero-order valence-electron chi connectivity index (χ0n) is 23.0. The molecule has 41 heavy (non-hydrogen) atoms. The van der Waals surface area contributed by atoms with Crippen molar-refractivity contribution in [3.63, 3.8) is 0 Å². The van der Waals surface area contributed by atoms with Crippen LogP contribution in [0.25, 0.3) is 0 Å². The van der Waals surface area contributed by atoms with Gasteiger partial charge in [-0.1, -0.05) is 24.3 Å². The van der Waals surface area contributed by atoms with Crippen LogP contribution in [-0.4, -0.2) is 60.1 Å². The van der Waals surface area contributed by atoms with Gasteiger partial charge in [0.1, 0.15) is 11.9 Å². The van der Waals surface area contributed by atoms with Crippen LogP contribution in [0.3, 0.4) is 0 Å². The van der Waals surface area contributed by atoms with Gasteiger partial charge < -0.3 is 15.4 Å². The Balaban J connectivity index is 1.28. The predicted octanol–water partition coefficient (Wildman–Crippen LogP) is 5.13. The van der Waals surface area contributed by atoms with E-state index in [4.69, 9.17) is 4.74 Å². The van der Waals surface area contributed by atoms with Crippen LogP contribution in [-0.2, 0) is 9.53 Å². The molecule has 218 valence electrons. The second-order valence-corrected chi connectivity index (χ2v) is 10.9. The fraction of sp³-hybridized carbons (Fsp3) is 0.433. The van der Waals surface area contributed by atoms with Gasteiger partial charge in [-0.05, 0) is 74.3 Å². The first-order valence-corrected chi connectivity index (χ1v) is 13.8. The van der Waals surface area contributed by atoms with Crippen LogP contribution in [0.15, 0.2) is 53.7 Å². The van der Waals surface area contributed by atoms with Gasteiger partial charge in [-0.25, -0.2) is 32.5 Å². The first-order chi connectivity index (χ1) is 19.7. The lowest BCUT2D eigenvalue weighted by Gasteiger charge is -2.37. The van der Waals surface area contributed by atoms with Gasteiger partial charge in [-0.3, -0.25) is 4.90 Å². The van der Waals surface area contributed by atoms with Crippen molar-refractivity contribution in [2.75, 3.05) is 20.2 Å². The Morgan fingerprint density at radius 3 is 2.39 bits per heavy atom. The monoisotopic (exact) mass is 570 g/mol. The van der Waals surface area contributed by atoms with Gasteiger partial charge in [0.25, 0.3) is 0 Å². The number of benzene rings is 2. The summed E-state index contributed by atoms with van der Waals surface area (Å²) in [4.78, 5) is 42.4. The molecule has 2 atom stereocenters. The molecule has 0 bridgehead atoms. The standard InChI is InChI=1S/C30H33F3N4O4/c1-17-26(28(38)41-2)27(19-9-12-24(32)25(33)15-19)37(29(39)34-17)30(40)35-20-13-14-36(16-20)21-10-7-18(8-11-21)22-5-3-4-6-23(22)31/h3-6,9,12,15,18,20-21,27H,7-8,10-11,13-14,16H2,1-2H3,(H,34,39)(H,35,40)/t18?,20-,21?,27+/m1/s1. The zero-order valence-corrected chi connectivity index (χ0v) is 23.0. The second kappa shape index (κ2) is 11.9. The van der Waals surface area contributed by atoms with E-state index >= 15 is 0 Å². The molecule has 0 radical (unpaired) electrons. The summed E-state index contributed by atoms with van der Waals surface area (Å²) < 4.78 is 47.1. The summed E-state index contributed by atoms with van der Waals surface area (Å²) in [5, 5.41) is 5.41. The molecule has 2 aliphatic heterocycles. The van der Waals surface area contributed by atoms with Crippen LogP contribution in [0.2, 0.25) is 0 Å². The number of imide groups is 1. The summed E-state index contributed by atoms with van der Waals surface area (Å²) in [6.07, 6.45) is 4.25. The molecule has 0 spiro atoms. The van der Waals surface area contributed by atoms with Crippen LogP contribution >= 0.6 is 0 Å². The second-order valence-electron chi connectivity index (χ2n) is 10.9. The molecule has 1 saturated carbocycles. The SMILES string of the molecule is COC(=O)C1=C(C)NC(=O)N(C(=O)N[C@@H]2CCN(C3CCC(c4ccccc4F)CC3)C2)[C@H]1c1ccc(F)c(F)c1. The number of methoxy groups -OCH3 is 1. The van der Waals surface area contributed by atoms with Crippen molar-refractivity contribution in [2.24, 2.45) is 0 Å². The smallest absolute Gasteiger partial charge is 0.337 e. The number of hydrogen-bond donors (Lipinski definition) is 2. The average Bonchev–Trinajstić information content (AvgIpc) is 3.42. The van der Waals surface area contributed by atoms with Crippen LogP contribution in [0.4, 0.5) is 22.8 Å². The van der Waals surface area contributed by atoms with Gasteiger partial charge >= 0.3 is 18.0 Å². The molecular weight excluding hydrogens is 537 g/mol. The molecule has 8 nitrogen and oxygen atoms in total. The third kappa shape index (κ3) is 5.81. The summed E-state index contributed by atoms with van der Waals surface area (Å²) in [7, 11) is 1.16. The summed E-state index contributed by atoms with van der Waals surface area (Å²) in [6.45, 7) is 2.80. The number of amides is 4. The summed E-state index contributed by atoms with van der Waals surface area (Å²) in [6, 6.07) is 7.05. The summed E-state index contributed by atoms with van der Waals surface area (Å²) in [5.74, 6) is -3.06. The number of likely N-dealkylation sites (tertiary alicyclic amines) is 1. The van der Waals surface area contributed by atoms with Crippen LogP contribution in [0.5, 0.6) is 0 Å². The lowest BCUT2D eigenvalue weighted by molar-refractivity contribution is -0.136. The minimum absolute atomic E-state index is 0.0494. The Morgan fingerprint density at radius 1 is 0.976 bits per heavy atom. The summed E-state index contributed by atoms with van der Waals surface area (Å²) >= 11 is 0. The Hall–Kier alpha value is -3.86. The molecular formula is C30H33F3N4O4. The number of carbonyl (C=O) groups is 3. The number of ether oxygens (including phenoxy) is 1. The van der Waals surface area contributed by atoms with E-state index in [1.54, 1.807) is 6.07 Å². The molecule has 2 aromatic carbocycles. The highest BCUT2D eigenvalue weighted by Gasteiger charge is 2.43. The molecule has 0 aromatic heterocycles. The number of nitrogens with zero attached hydrogens (tertiary/aromatic N) is 2. The fourth-order valence-corrected chi connectivity index (χ4v) is 6.36. The van der Waals surface area contributed by atoms with E-state index in [1.807, 2.05) is 12.1 Å². The maximum Gasteiger partial charge on any atom is 0.337 e. The highest BCUT2D eigenvalue weighted by molar-refractivity contribution is 6.01. The Morgan fingerprint density at radius 2 is 1.71 bits per heavy atom. The van der Waals surface area contributed by atoms with E-state index in [2.05, 4.69) is 15.5 Å². The fourth-order valence-electron chi connectivity index (χ4n) is 6.36. The average molecular weight is 571 g/mol. The van der Waals surface area contributed by atoms with Gasteiger partial charge in [0, 0.05) is 30.9 Å². The molecule has 2 N–H and O–H groups in total. The van der Waals surface area contributed by atoms with Crippen molar-refractivity contribution in [3.8, 4) is 0 Å². The predicted molar refractivity (Wildman–Crippen MR) is 144 cm³/mol. The van der Waals surface area contributed by atoms with E-state index in [1.165, 1.54) is 19.1 Å². The molecule has 0 unspecified atom stereocenters. The molecule has 4 amide bonds. The highest BCUT2D eigenvalue weighted by Crippen LogP contribution is 2.38. The van der Waals surface area contributed by atoms with Crippen molar-refractivity contribution in [2.45, 2.75) is 63.1 Å². The van der Waals surface area contributed by atoms with Crippen molar-refractivity contribution in [3.05, 3.63) is 82.3 Å². The number of rotatable bonds is 5. The van der Waals surface area contributed by atoms with E-state index in [9.17, 15) is 27.6 Å². The lowest BCUT2D eigenvalue weighted by atomic mass is 9.81. The van der Waals surface area contributed by atoms with E-state index in [0.717, 1.165) is 61.9 Å². The molecule has 5 rings (SSSR count). The number of hydrogen-bond acceptors (Lipinski definition) is 5. The maximum absolute atomic E-state index is 14.3. The Bertz CT molecular complexity index is 1380. The van der Waals surface area contributed by atoms with Gasteiger partial charge in [-0.15, -0.1) is 0 Å². The lowest BCUT2D eigenvalue weighted by Crippen LogP contribution is -2.56. The first kappa shape index (κ1) is 28.7. The van der Waals surface area contributed by atoms with Gasteiger partial charge in [0.15, 0.2) is 11.6 Å². The zero-order chi connectivity index (χ0) is 29.3. The van der Waals surface area contributed by atoms with Gasteiger partial charge in [-0.2, -0.15) is 0 Å². The first-order valence-electron chi connectivity index (χ1n) is 13.8. The molecule has 2 aromatic rings. The van der Waals surface area contributed by atoms with Crippen LogP contribution in [0.1, 0.15) is 62.1 Å². The number of esters is 1. The number of carbonyl (C=O) groups excluding carboxylic acids is 3. The van der Waals surface area contributed by atoms with E-state index in [0.29, 0.717) is 19.0 Å². The van der Waals surface area contributed by atoms with Gasteiger partial charge in [0.05, 0.1) is 12.7 Å². The van der Waals surface area contributed by atoms with Gasteiger partial charge in [0.2, 0.25) is 0 Å². The number of halogens is 3.